The molecule has 2 fully saturated rings. The van der Waals surface area contributed by atoms with Crippen LogP contribution in [-0.4, -0.2) is 24.2 Å². The van der Waals surface area contributed by atoms with E-state index in [9.17, 15) is 4.79 Å². The lowest BCUT2D eigenvalue weighted by atomic mass is 9.82. The topological polar surface area (TPSA) is 51.5 Å². The zero-order valence-electron chi connectivity index (χ0n) is 14.5. The molecule has 1 aliphatic heterocycles. The van der Waals surface area contributed by atoms with Gasteiger partial charge in [0.05, 0.1) is 23.1 Å². The van der Waals surface area contributed by atoms with Crippen molar-refractivity contribution in [1.29, 1.82) is 0 Å². The van der Waals surface area contributed by atoms with Gasteiger partial charge in [-0.15, -0.1) is 11.3 Å². The minimum absolute atomic E-state index is 0.0484. The first-order valence-corrected chi connectivity index (χ1v) is 10.2. The fraction of sp³-hybridized carbons (Fsp3) is 0.550. The largest absolute Gasteiger partial charge is 0.460 e. The van der Waals surface area contributed by atoms with Crippen LogP contribution < -0.4 is 5.32 Å². The van der Waals surface area contributed by atoms with Crippen LogP contribution in [0.2, 0.25) is 0 Å². The summed E-state index contributed by atoms with van der Waals surface area (Å²) in [4.78, 5) is 13.4. The molecule has 2 aromatic rings. The third-order valence-corrected chi connectivity index (χ3v) is 6.25. The van der Waals surface area contributed by atoms with Crippen molar-refractivity contribution in [1.82, 2.24) is 5.32 Å². The molecule has 1 atom stereocenters. The molecule has 134 valence electrons. The second-order valence-electron chi connectivity index (χ2n) is 7.27. The van der Waals surface area contributed by atoms with Gasteiger partial charge in [0.15, 0.2) is 0 Å². The van der Waals surface area contributed by atoms with Crippen molar-refractivity contribution in [3.05, 3.63) is 35.4 Å². The fourth-order valence-corrected chi connectivity index (χ4v) is 4.77. The summed E-state index contributed by atoms with van der Waals surface area (Å²) < 4.78 is 11.9. The molecule has 4 nitrogen and oxygen atoms in total. The van der Waals surface area contributed by atoms with Crippen LogP contribution in [-0.2, 0) is 16.0 Å². The molecule has 4 rings (SSSR count). The molecule has 1 saturated heterocycles. The highest BCUT2D eigenvalue weighted by Gasteiger charge is 2.41. The summed E-state index contributed by atoms with van der Waals surface area (Å²) in [7, 11) is 0. The van der Waals surface area contributed by atoms with E-state index in [0.29, 0.717) is 19.4 Å². The van der Waals surface area contributed by atoms with Gasteiger partial charge in [0.2, 0.25) is 5.91 Å². The predicted octanol–water partition coefficient (Wildman–Crippen LogP) is 4.55. The van der Waals surface area contributed by atoms with Crippen molar-refractivity contribution in [3.8, 4) is 10.6 Å². The highest BCUT2D eigenvalue weighted by atomic mass is 32.1. The van der Waals surface area contributed by atoms with Gasteiger partial charge in [0.25, 0.3) is 0 Å². The van der Waals surface area contributed by atoms with Crippen molar-refractivity contribution in [3.63, 3.8) is 0 Å². The van der Waals surface area contributed by atoms with Crippen LogP contribution in [0.1, 0.15) is 50.7 Å². The molecule has 25 heavy (non-hydrogen) atoms. The van der Waals surface area contributed by atoms with Gasteiger partial charge in [-0.2, -0.15) is 0 Å². The molecular formula is C20H25NO3S. The van der Waals surface area contributed by atoms with E-state index in [2.05, 4.69) is 5.32 Å². The SMILES string of the molecule is O=C(CCc1ccc(-c2cccs2)o1)NC1COC2(CCCCC2)C1. The Morgan fingerprint density at radius 2 is 2.12 bits per heavy atom. The lowest BCUT2D eigenvalue weighted by Gasteiger charge is -2.32. The van der Waals surface area contributed by atoms with Crippen molar-refractivity contribution in [2.75, 3.05) is 6.61 Å². The van der Waals surface area contributed by atoms with E-state index in [1.807, 2.05) is 29.6 Å². The van der Waals surface area contributed by atoms with Gasteiger partial charge in [0, 0.05) is 12.8 Å². The Morgan fingerprint density at radius 1 is 1.24 bits per heavy atom. The van der Waals surface area contributed by atoms with Crippen LogP contribution in [0, 0.1) is 0 Å². The monoisotopic (exact) mass is 359 g/mol. The number of ether oxygens (including phenoxy) is 1. The Bertz CT molecular complexity index is 700. The number of aryl methyl sites for hydroxylation is 1. The number of hydrogen-bond acceptors (Lipinski definition) is 4. The second-order valence-corrected chi connectivity index (χ2v) is 8.21. The van der Waals surface area contributed by atoms with E-state index in [0.717, 1.165) is 35.7 Å². The highest BCUT2D eigenvalue weighted by molar-refractivity contribution is 7.13. The number of carbonyl (C=O) groups is 1. The third kappa shape index (κ3) is 3.98. The standard InChI is InChI=1S/C20H25NO3S/c22-19(21-15-13-20(23-14-15)10-2-1-3-11-20)9-7-16-6-8-17(24-16)18-5-4-12-25-18/h4-6,8,12,15H,1-3,7,9-11,13-14H2,(H,21,22). The lowest BCUT2D eigenvalue weighted by Crippen LogP contribution is -2.37. The van der Waals surface area contributed by atoms with Gasteiger partial charge >= 0.3 is 0 Å². The summed E-state index contributed by atoms with van der Waals surface area (Å²) in [6.07, 6.45) is 8.20. The summed E-state index contributed by atoms with van der Waals surface area (Å²) >= 11 is 1.66. The number of thiophene rings is 1. The first kappa shape index (κ1) is 16.9. The summed E-state index contributed by atoms with van der Waals surface area (Å²) in [5.74, 6) is 1.84. The molecule has 2 aliphatic rings. The fourth-order valence-electron chi connectivity index (χ4n) is 4.08. The molecular weight excluding hydrogens is 334 g/mol. The number of carbonyl (C=O) groups excluding carboxylic acids is 1. The van der Waals surface area contributed by atoms with Crippen LogP contribution in [0.3, 0.4) is 0 Å². The van der Waals surface area contributed by atoms with E-state index in [1.54, 1.807) is 11.3 Å². The average molecular weight is 359 g/mol. The van der Waals surface area contributed by atoms with Crippen LogP contribution in [0.4, 0.5) is 0 Å². The molecule has 2 aromatic heterocycles. The summed E-state index contributed by atoms with van der Waals surface area (Å²) in [5.41, 5.74) is 0.0484. The molecule has 1 N–H and O–H groups in total. The molecule has 1 amide bonds. The Hall–Kier alpha value is -1.59. The summed E-state index contributed by atoms with van der Waals surface area (Å²) in [5, 5.41) is 5.19. The predicted molar refractivity (Wildman–Crippen MR) is 98.7 cm³/mol. The maximum absolute atomic E-state index is 12.3. The molecule has 0 radical (unpaired) electrons. The Balaban J connectivity index is 1.24. The number of rotatable bonds is 5. The first-order chi connectivity index (χ1) is 12.2. The highest BCUT2D eigenvalue weighted by Crippen LogP contribution is 2.39. The van der Waals surface area contributed by atoms with Crippen molar-refractivity contribution in [2.24, 2.45) is 0 Å². The smallest absolute Gasteiger partial charge is 0.220 e. The van der Waals surface area contributed by atoms with Gasteiger partial charge in [-0.3, -0.25) is 4.79 Å². The van der Waals surface area contributed by atoms with Crippen LogP contribution in [0.25, 0.3) is 10.6 Å². The molecule has 1 unspecified atom stereocenters. The van der Waals surface area contributed by atoms with Gasteiger partial charge in [0.1, 0.15) is 11.5 Å². The summed E-state index contributed by atoms with van der Waals surface area (Å²) in [6, 6.07) is 8.18. The Labute approximate surface area is 152 Å². The van der Waals surface area contributed by atoms with Gasteiger partial charge < -0.3 is 14.5 Å². The molecule has 0 aromatic carbocycles. The van der Waals surface area contributed by atoms with Gasteiger partial charge in [-0.05, 0) is 42.8 Å². The van der Waals surface area contributed by atoms with E-state index < -0.39 is 0 Å². The third-order valence-electron chi connectivity index (χ3n) is 5.36. The average Bonchev–Trinajstić information content (AvgIpc) is 3.35. The second kappa shape index (κ2) is 7.34. The summed E-state index contributed by atoms with van der Waals surface area (Å²) in [6.45, 7) is 0.662. The van der Waals surface area contributed by atoms with E-state index >= 15 is 0 Å². The lowest BCUT2D eigenvalue weighted by molar-refractivity contribution is -0.121. The van der Waals surface area contributed by atoms with E-state index in [-0.39, 0.29) is 17.6 Å². The molecule has 1 aliphatic carbocycles. The molecule has 1 spiro atoms. The number of amides is 1. The molecule has 5 heteroatoms. The van der Waals surface area contributed by atoms with Crippen molar-refractivity contribution < 1.29 is 13.9 Å². The van der Waals surface area contributed by atoms with Crippen LogP contribution in [0.5, 0.6) is 0 Å². The van der Waals surface area contributed by atoms with E-state index in [4.69, 9.17) is 9.15 Å². The van der Waals surface area contributed by atoms with Crippen molar-refractivity contribution >= 4 is 17.2 Å². The van der Waals surface area contributed by atoms with Gasteiger partial charge in [-0.1, -0.05) is 25.3 Å². The normalized spacial score (nSPS) is 22.3. The zero-order chi connectivity index (χ0) is 17.1. The molecule has 0 bridgehead atoms. The van der Waals surface area contributed by atoms with E-state index in [1.165, 1.54) is 19.3 Å². The Morgan fingerprint density at radius 3 is 2.92 bits per heavy atom. The zero-order valence-corrected chi connectivity index (χ0v) is 15.3. The minimum Gasteiger partial charge on any atom is -0.460 e. The van der Waals surface area contributed by atoms with Crippen LogP contribution >= 0.6 is 11.3 Å². The molecule has 3 heterocycles. The van der Waals surface area contributed by atoms with Crippen LogP contribution in [0.15, 0.2) is 34.1 Å². The number of nitrogens with one attached hydrogen (secondary N) is 1. The minimum atomic E-state index is 0.0484. The number of furan rings is 1. The van der Waals surface area contributed by atoms with Crippen molar-refractivity contribution in [2.45, 2.75) is 63.0 Å². The molecule has 1 saturated carbocycles. The maximum Gasteiger partial charge on any atom is 0.220 e. The maximum atomic E-state index is 12.3. The quantitative estimate of drug-likeness (QED) is 0.852. The van der Waals surface area contributed by atoms with Gasteiger partial charge in [-0.25, -0.2) is 0 Å². The Kier molecular flexibility index (Phi) is 4.95. The number of hydrogen-bond donors (Lipinski definition) is 1. The first-order valence-electron chi connectivity index (χ1n) is 9.28.